The lowest BCUT2D eigenvalue weighted by atomic mass is 9.79. The molecule has 5 unspecified atom stereocenters. The van der Waals surface area contributed by atoms with E-state index >= 15 is 0 Å². The summed E-state index contributed by atoms with van der Waals surface area (Å²) in [5, 5.41) is 16.6. The first kappa shape index (κ1) is 11.3. The van der Waals surface area contributed by atoms with Crippen LogP contribution in [-0.2, 0) is 14.3 Å². The van der Waals surface area contributed by atoms with Crippen LogP contribution >= 0.6 is 11.8 Å². The number of esters is 1. The number of fused-ring (bicyclic) bond motifs is 1. The molecular weight excluding hydrogens is 270 g/mol. The predicted octanol–water partition coefficient (Wildman–Crippen LogP) is 0.302. The summed E-state index contributed by atoms with van der Waals surface area (Å²) in [5.41, 5.74) is 0. The van der Waals surface area contributed by atoms with E-state index in [1.54, 1.807) is 0 Å². The van der Waals surface area contributed by atoms with Crippen molar-refractivity contribution < 1.29 is 19.4 Å². The third-order valence-corrected chi connectivity index (χ3v) is 5.88. The van der Waals surface area contributed by atoms with Crippen molar-refractivity contribution in [1.82, 2.24) is 15.2 Å². The number of carbonyl (C=O) groups excluding carboxylic acids is 1. The summed E-state index contributed by atoms with van der Waals surface area (Å²) in [7, 11) is 0. The van der Waals surface area contributed by atoms with Gasteiger partial charge in [-0.2, -0.15) is 5.10 Å². The molecular formula is C11H11N3O4S. The number of carbonyl (C=O) groups is 2. The predicted molar refractivity (Wildman–Crippen MR) is 62.2 cm³/mol. The Labute approximate surface area is 112 Å². The van der Waals surface area contributed by atoms with Gasteiger partial charge in [0, 0.05) is 17.1 Å². The van der Waals surface area contributed by atoms with Crippen molar-refractivity contribution in [3.05, 3.63) is 6.33 Å². The average molecular weight is 281 g/mol. The molecule has 0 aromatic carbocycles. The third kappa shape index (κ3) is 1.35. The second-order valence-electron chi connectivity index (χ2n) is 5.35. The first-order valence-corrected chi connectivity index (χ1v) is 6.90. The Kier molecular flexibility index (Phi) is 2.08. The molecule has 3 fully saturated rings. The molecule has 100 valence electrons. The van der Waals surface area contributed by atoms with Crippen LogP contribution in [0, 0.1) is 17.8 Å². The summed E-state index contributed by atoms with van der Waals surface area (Å²) in [5.74, 6) is -2.41. The van der Waals surface area contributed by atoms with Gasteiger partial charge >= 0.3 is 11.9 Å². The molecule has 1 aromatic rings. The van der Waals surface area contributed by atoms with Gasteiger partial charge in [0.25, 0.3) is 0 Å². The maximum atomic E-state index is 11.8. The number of aromatic nitrogens is 3. The van der Waals surface area contributed by atoms with Crippen LogP contribution in [0.1, 0.15) is 12.8 Å². The maximum absolute atomic E-state index is 11.8. The van der Waals surface area contributed by atoms with Crippen molar-refractivity contribution in [2.75, 3.05) is 0 Å². The van der Waals surface area contributed by atoms with Crippen molar-refractivity contribution in [3.63, 3.8) is 0 Å². The molecule has 19 heavy (non-hydrogen) atoms. The minimum atomic E-state index is -0.920. The van der Waals surface area contributed by atoms with E-state index in [-0.39, 0.29) is 18.0 Å². The molecule has 8 heteroatoms. The number of ether oxygens (including phenoxy) is 1. The molecule has 2 aliphatic carbocycles. The summed E-state index contributed by atoms with van der Waals surface area (Å²) >= 11 is 1.39. The molecule has 3 aliphatic rings. The van der Waals surface area contributed by atoms with E-state index in [1.165, 1.54) is 18.1 Å². The lowest BCUT2D eigenvalue weighted by molar-refractivity contribution is -0.150. The second-order valence-corrected chi connectivity index (χ2v) is 6.75. The van der Waals surface area contributed by atoms with Gasteiger partial charge < -0.3 is 9.84 Å². The van der Waals surface area contributed by atoms with Crippen LogP contribution in [0.15, 0.2) is 11.5 Å². The van der Waals surface area contributed by atoms with Gasteiger partial charge in [-0.15, -0.1) is 0 Å². The van der Waals surface area contributed by atoms with Gasteiger partial charge in [0.1, 0.15) is 12.4 Å². The number of thioether (sulfide) groups is 1. The van der Waals surface area contributed by atoms with Gasteiger partial charge in [0.15, 0.2) is 5.16 Å². The zero-order valence-electron chi connectivity index (χ0n) is 9.78. The van der Waals surface area contributed by atoms with Crippen molar-refractivity contribution in [2.45, 2.75) is 28.8 Å². The lowest BCUT2D eigenvalue weighted by Crippen LogP contribution is -2.41. The normalized spacial score (nSPS) is 42.6. The van der Waals surface area contributed by atoms with Crippen LogP contribution in [0.2, 0.25) is 0 Å². The summed E-state index contributed by atoms with van der Waals surface area (Å²) in [6, 6.07) is 0. The summed E-state index contributed by atoms with van der Waals surface area (Å²) in [6.07, 6.45) is 2.55. The van der Waals surface area contributed by atoms with Gasteiger partial charge in [0.2, 0.25) is 0 Å². The minimum Gasteiger partial charge on any atom is -0.481 e. The Morgan fingerprint density at radius 2 is 2.42 bits per heavy atom. The SMILES string of the molecule is O=C1OC2CC3(Sc4ncn[nH]4)CC2C1C3C(=O)O. The van der Waals surface area contributed by atoms with Crippen molar-refractivity contribution in [1.29, 1.82) is 0 Å². The number of nitrogens with zero attached hydrogens (tertiary/aromatic N) is 2. The van der Waals surface area contributed by atoms with Crippen LogP contribution in [0.3, 0.4) is 0 Å². The first-order valence-electron chi connectivity index (χ1n) is 6.08. The number of carboxylic acids is 1. The van der Waals surface area contributed by atoms with Crippen LogP contribution < -0.4 is 0 Å². The van der Waals surface area contributed by atoms with Crippen molar-refractivity contribution in [2.24, 2.45) is 17.8 Å². The van der Waals surface area contributed by atoms with Gasteiger partial charge in [-0.1, -0.05) is 11.8 Å². The Morgan fingerprint density at radius 1 is 1.58 bits per heavy atom. The molecule has 2 N–H and O–H groups in total. The molecule has 0 radical (unpaired) electrons. The molecule has 0 amide bonds. The molecule has 1 aromatic heterocycles. The minimum absolute atomic E-state index is 0.0454. The van der Waals surface area contributed by atoms with E-state index < -0.39 is 22.6 Å². The third-order valence-electron chi connectivity index (χ3n) is 4.49. The Bertz CT molecular complexity index is 558. The molecule has 4 rings (SSSR count). The van der Waals surface area contributed by atoms with E-state index in [0.717, 1.165) is 0 Å². The largest absolute Gasteiger partial charge is 0.481 e. The Morgan fingerprint density at radius 3 is 3.11 bits per heavy atom. The topological polar surface area (TPSA) is 105 Å². The first-order chi connectivity index (χ1) is 9.11. The molecule has 0 spiro atoms. The number of aliphatic carboxylic acids is 1. The summed E-state index contributed by atoms with van der Waals surface area (Å²) in [4.78, 5) is 27.5. The smallest absolute Gasteiger partial charge is 0.310 e. The number of carboxylic acid groups (broad SMARTS) is 1. The van der Waals surface area contributed by atoms with E-state index in [2.05, 4.69) is 15.2 Å². The van der Waals surface area contributed by atoms with Gasteiger partial charge in [0.05, 0.1) is 11.8 Å². The van der Waals surface area contributed by atoms with E-state index in [4.69, 9.17) is 4.74 Å². The molecule has 2 saturated carbocycles. The van der Waals surface area contributed by atoms with Crippen LogP contribution in [0.25, 0.3) is 0 Å². The standard InChI is InChI=1S/C11H11N3O4S/c15-8(16)7-6-4-1-11(7,2-5(4)18-9(6)17)19-10-12-3-13-14-10/h3-7H,1-2H2,(H,15,16)(H,12,13,14). The molecule has 5 atom stereocenters. The maximum Gasteiger partial charge on any atom is 0.310 e. The zero-order valence-corrected chi connectivity index (χ0v) is 10.6. The summed E-state index contributed by atoms with van der Waals surface area (Å²) < 4.78 is 4.80. The second kappa shape index (κ2) is 3.50. The lowest BCUT2D eigenvalue weighted by Gasteiger charge is -2.31. The van der Waals surface area contributed by atoms with E-state index in [9.17, 15) is 14.7 Å². The Balaban J connectivity index is 1.75. The number of rotatable bonds is 3. The van der Waals surface area contributed by atoms with Crippen LogP contribution in [0.4, 0.5) is 0 Å². The highest BCUT2D eigenvalue weighted by molar-refractivity contribution is 8.00. The molecule has 2 bridgehead atoms. The number of hydrogen-bond donors (Lipinski definition) is 2. The molecule has 1 saturated heterocycles. The highest BCUT2D eigenvalue weighted by Crippen LogP contribution is 2.66. The number of aromatic amines is 1. The Hall–Kier alpha value is -1.57. The fourth-order valence-electron chi connectivity index (χ4n) is 3.92. The van der Waals surface area contributed by atoms with E-state index in [1.807, 2.05) is 0 Å². The highest BCUT2D eigenvalue weighted by atomic mass is 32.2. The van der Waals surface area contributed by atoms with Crippen LogP contribution in [-0.4, -0.2) is 43.1 Å². The monoisotopic (exact) mass is 281 g/mol. The number of nitrogens with one attached hydrogen (secondary N) is 1. The molecule has 2 heterocycles. The highest BCUT2D eigenvalue weighted by Gasteiger charge is 2.71. The molecule has 1 aliphatic heterocycles. The summed E-state index contributed by atoms with van der Waals surface area (Å²) in [6.45, 7) is 0. The number of hydrogen-bond acceptors (Lipinski definition) is 6. The average Bonchev–Trinajstić information content (AvgIpc) is 3.03. The fraction of sp³-hybridized carbons (Fsp3) is 0.636. The van der Waals surface area contributed by atoms with Crippen molar-refractivity contribution in [3.8, 4) is 0 Å². The van der Waals surface area contributed by atoms with Gasteiger partial charge in [-0.05, 0) is 6.42 Å². The van der Waals surface area contributed by atoms with Crippen LogP contribution in [0.5, 0.6) is 0 Å². The van der Waals surface area contributed by atoms with Gasteiger partial charge in [-0.25, -0.2) is 4.98 Å². The molecule has 7 nitrogen and oxygen atoms in total. The van der Waals surface area contributed by atoms with Crippen molar-refractivity contribution >= 4 is 23.7 Å². The van der Waals surface area contributed by atoms with E-state index in [0.29, 0.717) is 18.0 Å². The number of H-pyrrole nitrogens is 1. The van der Waals surface area contributed by atoms with Gasteiger partial charge in [-0.3, -0.25) is 14.7 Å². The fourth-order valence-corrected chi connectivity index (χ4v) is 5.40. The zero-order chi connectivity index (χ0) is 13.2. The quantitative estimate of drug-likeness (QED) is 0.768.